The molecule has 0 saturated heterocycles. The Morgan fingerprint density at radius 3 is 0.676 bits per heavy atom. The van der Waals surface area contributed by atoms with E-state index in [1.54, 1.807) is 0 Å². The first-order chi connectivity index (χ1) is 33.5. The van der Waals surface area contributed by atoms with Crippen LogP contribution in [-0.4, -0.2) is 84.0 Å². The van der Waals surface area contributed by atoms with E-state index in [0.29, 0.717) is 18.4 Å². The first-order valence-corrected chi connectivity index (χ1v) is 31.4. The zero-order valence-corrected chi connectivity index (χ0v) is 47.2. The molecule has 0 bridgehead atoms. The van der Waals surface area contributed by atoms with Crippen LogP contribution in [0, 0.1) is 0 Å². The van der Waals surface area contributed by atoms with Crippen LogP contribution in [0.4, 0.5) is 0 Å². The third-order valence-electron chi connectivity index (χ3n) is 14.9. The Balaban J connectivity index is 4.67. The van der Waals surface area contributed by atoms with Crippen molar-refractivity contribution in [1.82, 2.24) is 14.7 Å². The zero-order valence-electron chi connectivity index (χ0n) is 47.2. The Hall–Kier alpha value is -1.14. The van der Waals surface area contributed by atoms with E-state index >= 15 is 0 Å². The highest BCUT2D eigenvalue weighted by Gasteiger charge is 2.15. The van der Waals surface area contributed by atoms with Crippen LogP contribution < -0.4 is 0 Å². The molecule has 0 aromatic carbocycles. The maximum Gasteiger partial charge on any atom is 0.222 e. The van der Waals surface area contributed by atoms with Crippen LogP contribution in [0.2, 0.25) is 0 Å². The first kappa shape index (κ1) is 66.9. The summed E-state index contributed by atoms with van der Waals surface area (Å²) >= 11 is 0. The molecule has 0 aromatic rings. The molecule has 0 aromatic heterocycles. The lowest BCUT2D eigenvalue weighted by Gasteiger charge is -2.23. The van der Waals surface area contributed by atoms with Gasteiger partial charge in [-0.3, -0.25) is 9.59 Å². The van der Waals surface area contributed by atoms with E-state index < -0.39 is 0 Å². The Morgan fingerprint density at radius 1 is 0.250 bits per heavy atom. The van der Waals surface area contributed by atoms with E-state index in [1.165, 1.54) is 289 Å². The number of amides is 2. The number of carbonyl (C=O) groups is 2. The molecule has 0 saturated carbocycles. The third kappa shape index (κ3) is 48.5. The van der Waals surface area contributed by atoms with Gasteiger partial charge in [0.15, 0.2) is 0 Å². The molecule has 0 heterocycles. The average molecular weight is 961 g/mol. The summed E-state index contributed by atoms with van der Waals surface area (Å²) in [5.74, 6) is 0.833. The summed E-state index contributed by atoms with van der Waals surface area (Å²) in [6, 6.07) is 0. The highest BCUT2D eigenvalue weighted by atomic mass is 16.3. The van der Waals surface area contributed by atoms with Crippen molar-refractivity contribution in [3.63, 3.8) is 0 Å². The summed E-state index contributed by atoms with van der Waals surface area (Å²) in [6.07, 6.45) is 60.2. The maximum atomic E-state index is 13.5. The van der Waals surface area contributed by atoms with Gasteiger partial charge in [0, 0.05) is 45.6 Å². The van der Waals surface area contributed by atoms with E-state index in [2.05, 4.69) is 42.4 Å². The number of nitrogens with zero attached hydrogens (tertiary/aromatic N) is 3. The number of aliphatic hydroxyl groups excluding tert-OH is 1. The zero-order chi connectivity index (χ0) is 49.5. The summed E-state index contributed by atoms with van der Waals surface area (Å²) in [7, 11) is 0. The lowest BCUT2D eigenvalue weighted by atomic mass is 10.1. The molecule has 68 heavy (non-hydrogen) atoms. The summed E-state index contributed by atoms with van der Waals surface area (Å²) in [5.41, 5.74) is 0. The fraction of sp³-hybridized carbons (Fsp3) is 0.968. The molecule has 0 spiro atoms. The van der Waals surface area contributed by atoms with Crippen LogP contribution in [0.3, 0.4) is 0 Å². The maximum absolute atomic E-state index is 13.5. The van der Waals surface area contributed by atoms with Gasteiger partial charge in [-0.2, -0.15) is 0 Å². The Kier molecular flexibility index (Phi) is 55.8. The molecular formula is C62H125N3O3. The number of aliphatic hydroxyl groups is 1. The summed E-state index contributed by atoms with van der Waals surface area (Å²) in [4.78, 5) is 34.1. The van der Waals surface area contributed by atoms with Crippen molar-refractivity contribution >= 4 is 11.8 Å². The normalized spacial score (nSPS) is 11.6. The van der Waals surface area contributed by atoms with Crippen LogP contribution in [0.15, 0.2) is 0 Å². The van der Waals surface area contributed by atoms with E-state index in [9.17, 15) is 14.7 Å². The minimum Gasteiger partial charge on any atom is -0.396 e. The van der Waals surface area contributed by atoms with Crippen molar-refractivity contribution in [2.75, 3.05) is 52.4 Å². The lowest BCUT2D eigenvalue weighted by Crippen LogP contribution is -2.32. The van der Waals surface area contributed by atoms with Crippen LogP contribution in [0.25, 0.3) is 0 Å². The van der Waals surface area contributed by atoms with Crippen LogP contribution in [0.1, 0.15) is 336 Å². The van der Waals surface area contributed by atoms with Crippen LogP contribution in [-0.2, 0) is 9.59 Å². The number of carbonyl (C=O) groups excluding carboxylic acids is 2. The fourth-order valence-electron chi connectivity index (χ4n) is 10.2. The second-order valence-corrected chi connectivity index (χ2v) is 21.7. The molecular weight excluding hydrogens is 835 g/mol. The topological polar surface area (TPSA) is 64.1 Å². The summed E-state index contributed by atoms with van der Waals surface area (Å²) < 4.78 is 0. The SMILES string of the molecule is CCCCCCCCCCN(CCCCCCCCCC)C(=O)CCCCCCCN(CCCCCCO)CCCCCCCC(=O)N(CCCCCCCCCC)CCCCCCCCCC. The minimum absolute atomic E-state index is 0.313. The van der Waals surface area contributed by atoms with Gasteiger partial charge in [0.05, 0.1) is 0 Å². The van der Waals surface area contributed by atoms with E-state index in [1.807, 2.05) is 0 Å². The van der Waals surface area contributed by atoms with Crippen LogP contribution in [0.5, 0.6) is 0 Å². The molecule has 0 unspecified atom stereocenters. The first-order valence-electron chi connectivity index (χ1n) is 31.4. The van der Waals surface area contributed by atoms with E-state index in [0.717, 1.165) is 64.7 Å². The second kappa shape index (κ2) is 56.8. The van der Waals surface area contributed by atoms with Gasteiger partial charge in [-0.05, 0) is 83.8 Å². The largest absolute Gasteiger partial charge is 0.396 e. The highest BCUT2D eigenvalue weighted by molar-refractivity contribution is 5.76. The molecule has 0 fully saturated rings. The van der Waals surface area contributed by atoms with Crippen molar-refractivity contribution < 1.29 is 14.7 Å². The molecule has 6 heteroatoms. The molecule has 6 nitrogen and oxygen atoms in total. The molecule has 0 radical (unpaired) electrons. The minimum atomic E-state index is 0.313. The van der Waals surface area contributed by atoms with Gasteiger partial charge < -0.3 is 19.8 Å². The molecule has 0 aliphatic heterocycles. The number of hydrogen-bond acceptors (Lipinski definition) is 4. The van der Waals surface area contributed by atoms with Crippen molar-refractivity contribution in [1.29, 1.82) is 0 Å². The molecule has 0 aliphatic rings. The Bertz CT molecular complexity index is 882. The second-order valence-electron chi connectivity index (χ2n) is 21.7. The lowest BCUT2D eigenvalue weighted by molar-refractivity contribution is -0.132. The van der Waals surface area contributed by atoms with Gasteiger partial charge in [-0.15, -0.1) is 0 Å². The molecule has 0 atom stereocenters. The van der Waals surface area contributed by atoms with Crippen molar-refractivity contribution in [2.24, 2.45) is 0 Å². The van der Waals surface area contributed by atoms with Gasteiger partial charge >= 0.3 is 0 Å². The quantitative estimate of drug-likeness (QED) is 0.0617. The van der Waals surface area contributed by atoms with Crippen molar-refractivity contribution in [3.05, 3.63) is 0 Å². The van der Waals surface area contributed by atoms with Gasteiger partial charge in [-0.1, -0.05) is 259 Å². The van der Waals surface area contributed by atoms with Gasteiger partial charge in [0.2, 0.25) is 11.8 Å². The number of rotatable bonds is 58. The van der Waals surface area contributed by atoms with E-state index in [4.69, 9.17) is 0 Å². The average Bonchev–Trinajstić information content (AvgIpc) is 3.34. The predicted octanol–water partition coefficient (Wildman–Crippen LogP) is 18.7. The van der Waals surface area contributed by atoms with Gasteiger partial charge in [-0.25, -0.2) is 0 Å². The molecule has 0 rings (SSSR count). The smallest absolute Gasteiger partial charge is 0.222 e. The molecule has 2 amide bonds. The summed E-state index contributed by atoms with van der Waals surface area (Å²) in [5, 5.41) is 9.27. The standard InChI is InChI=1S/C62H125N3O3/c1-5-9-13-17-21-25-35-46-56-64(57-47-36-26-22-18-14-10-6-2)61(67)51-41-31-29-33-43-53-63(55-45-39-40-50-60-66)54-44-34-30-32-42-52-62(68)65(58-48-37-27-23-19-15-11-7-3)59-49-38-28-24-20-16-12-8-4/h66H,5-60H2,1-4H3. The van der Waals surface area contributed by atoms with Crippen LogP contribution >= 0.6 is 0 Å². The van der Waals surface area contributed by atoms with Crippen molar-refractivity contribution in [2.45, 2.75) is 336 Å². The van der Waals surface area contributed by atoms with E-state index in [-0.39, 0.29) is 0 Å². The summed E-state index contributed by atoms with van der Waals surface area (Å²) in [6.45, 7) is 16.9. The fourth-order valence-corrected chi connectivity index (χ4v) is 10.2. The Morgan fingerprint density at radius 2 is 0.441 bits per heavy atom. The molecule has 0 aliphatic carbocycles. The van der Waals surface area contributed by atoms with Gasteiger partial charge in [0.25, 0.3) is 0 Å². The highest BCUT2D eigenvalue weighted by Crippen LogP contribution is 2.17. The molecule has 1 N–H and O–H groups in total. The molecule has 406 valence electrons. The van der Waals surface area contributed by atoms with Crippen molar-refractivity contribution in [3.8, 4) is 0 Å². The number of unbranched alkanes of at least 4 members (excludes halogenated alkanes) is 39. The monoisotopic (exact) mass is 960 g/mol. The third-order valence-corrected chi connectivity index (χ3v) is 14.9. The van der Waals surface area contributed by atoms with Gasteiger partial charge in [0.1, 0.15) is 0 Å². The number of hydrogen-bond donors (Lipinski definition) is 1. The Labute approximate surface area is 427 Å². The predicted molar refractivity (Wildman–Crippen MR) is 301 cm³/mol.